The molecule has 1 unspecified atom stereocenters. The summed E-state index contributed by atoms with van der Waals surface area (Å²) in [5, 5.41) is 9.55. The van der Waals surface area contributed by atoms with Crippen LogP contribution in [0.15, 0.2) is 60.7 Å². The molecule has 1 atom stereocenters. The lowest BCUT2D eigenvalue weighted by molar-refractivity contribution is -0.130. The minimum atomic E-state index is -0.891. The van der Waals surface area contributed by atoms with Crippen LogP contribution in [0.3, 0.4) is 0 Å². The van der Waals surface area contributed by atoms with Gasteiger partial charge in [-0.05, 0) is 47.9 Å². The third kappa shape index (κ3) is 7.73. The van der Waals surface area contributed by atoms with Crippen molar-refractivity contribution in [3.63, 3.8) is 0 Å². The maximum absolute atomic E-state index is 12.8. The van der Waals surface area contributed by atoms with Crippen molar-refractivity contribution in [2.45, 2.75) is 33.2 Å². The summed E-state index contributed by atoms with van der Waals surface area (Å²) in [7, 11) is 1.47. The highest BCUT2D eigenvalue weighted by atomic mass is 16.5. The first-order valence-electron chi connectivity index (χ1n) is 12.6. The second kappa shape index (κ2) is 13.3. The van der Waals surface area contributed by atoms with Crippen LogP contribution in [-0.4, -0.2) is 55.5 Å². The van der Waals surface area contributed by atoms with Gasteiger partial charge in [0.1, 0.15) is 11.8 Å². The highest BCUT2D eigenvalue weighted by molar-refractivity contribution is 6.08. The van der Waals surface area contributed by atoms with Gasteiger partial charge >= 0.3 is 0 Å². The van der Waals surface area contributed by atoms with E-state index in [0.29, 0.717) is 22.4 Å². The fraction of sp³-hybridized carbons (Fsp3) is 0.300. The van der Waals surface area contributed by atoms with E-state index in [-0.39, 0.29) is 37.1 Å². The number of rotatable bonds is 12. The summed E-state index contributed by atoms with van der Waals surface area (Å²) in [5.41, 5.74) is 1.42. The van der Waals surface area contributed by atoms with Crippen LogP contribution in [0.5, 0.6) is 5.75 Å². The molecule has 3 aromatic carbocycles. The summed E-state index contributed by atoms with van der Waals surface area (Å²) in [5.74, 6) is -1.68. The Balaban J connectivity index is 1.54. The first-order valence-corrected chi connectivity index (χ1v) is 12.6. The van der Waals surface area contributed by atoms with Crippen LogP contribution in [0.25, 0.3) is 10.8 Å². The minimum absolute atomic E-state index is 0.0973. The van der Waals surface area contributed by atoms with Gasteiger partial charge in [0, 0.05) is 16.7 Å². The zero-order valence-corrected chi connectivity index (χ0v) is 22.5. The molecule has 0 bridgehead atoms. The van der Waals surface area contributed by atoms with Gasteiger partial charge in [-0.15, -0.1) is 0 Å². The molecular formula is C30H33N3O6. The Kier molecular flexibility index (Phi) is 9.92. The number of benzene rings is 3. The average molecular weight is 532 g/mol. The fourth-order valence-corrected chi connectivity index (χ4v) is 4.12. The lowest BCUT2D eigenvalue weighted by Crippen LogP contribution is -2.51. The topological polar surface area (TPSA) is 131 Å². The molecule has 39 heavy (non-hydrogen) atoms. The number of hydrogen-bond acceptors (Lipinski definition) is 6. The number of nitrogens with one attached hydrogen (secondary N) is 3. The van der Waals surface area contributed by atoms with Crippen LogP contribution in [0, 0.1) is 5.92 Å². The smallest absolute Gasteiger partial charge is 0.252 e. The molecule has 9 heteroatoms. The lowest BCUT2D eigenvalue weighted by atomic mass is 10.0. The molecule has 9 nitrogen and oxygen atoms in total. The number of carbonyl (C=O) groups excluding carboxylic acids is 5. The van der Waals surface area contributed by atoms with Crippen LogP contribution >= 0.6 is 0 Å². The van der Waals surface area contributed by atoms with E-state index in [1.807, 2.05) is 30.3 Å². The van der Waals surface area contributed by atoms with Crippen LogP contribution in [0.4, 0.5) is 0 Å². The molecule has 3 N–H and O–H groups in total. The molecule has 0 aliphatic rings. The molecule has 0 spiro atoms. The SMILES string of the molecule is COc1ccc(C(C)=O)cc1CC(=O)NC(C(=O)NCC(=O)CNC(=O)c1cccc2ccccc12)C(C)C. The van der Waals surface area contributed by atoms with E-state index in [0.717, 1.165) is 10.8 Å². The van der Waals surface area contributed by atoms with Crippen molar-refractivity contribution in [2.75, 3.05) is 20.2 Å². The molecule has 3 amide bonds. The van der Waals surface area contributed by atoms with Crippen molar-refractivity contribution in [3.05, 3.63) is 77.4 Å². The summed E-state index contributed by atoms with van der Waals surface area (Å²) in [4.78, 5) is 62.4. The van der Waals surface area contributed by atoms with Crippen molar-refractivity contribution >= 4 is 40.1 Å². The number of carbonyl (C=O) groups is 5. The number of fused-ring (bicyclic) bond motifs is 1. The Morgan fingerprint density at radius 3 is 2.26 bits per heavy atom. The first-order chi connectivity index (χ1) is 18.6. The Bertz CT molecular complexity index is 1390. The maximum atomic E-state index is 12.8. The first kappa shape index (κ1) is 29.0. The summed E-state index contributed by atoms with van der Waals surface area (Å²) in [6.07, 6.45) is -0.0973. The standard InChI is InChI=1S/C30H33N3O6/c1-18(2)28(33-27(36)15-22-14-21(19(3)34)12-13-26(22)39-4)30(38)32-17-23(35)16-31-29(37)25-11-7-9-20-8-5-6-10-24(20)25/h5-14,18,28H,15-17H2,1-4H3,(H,31,37)(H,32,38)(H,33,36). The van der Waals surface area contributed by atoms with Gasteiger partial charge in [-0.25, -0.2) is 0 Å². The Morgan fingerprint density at radius 1 is 0.872 bits per heavy atom. The van der Waals surface area contributed by atoms with E-state index in [1.165, 1.54) is 14.0 Å². The average Bonchev–Trinajstić information content (AvgIpc) is 2.92. The van der Waals surface area contributed by atoms with Crippen molar-refractivity contribution in [3.8, 4) is 5.75 Å². The Morgan fingerprint density at radius 2 is 1.56 bits per heavy atom. The van der Waals surface area contributed by atoms with E-state index < -0.39 is 23.6 Å². The van der Waals surface area contributed by atoms with Gasteiger partial charge in [-0.2, -0.15) is 0 Å². The maximum Gasteiger partial charge on any atom is 0.252 e. The number of ketones is 2. The van der Waals surface area contributed by atoms with Crippen LogP contribution in [-0.2, 0) is 20.8 Å². The second-order valence-electron chi connectivity index (χ2n) is 9.51. The molecule has 0 heterocycles. The number of hydrogen-bond donors (Lipinski definition) is 3. The van der Waals surface area contributed by atoms with Gasteiger partial charge in [0.05, 0.1) is 26.6 Å². The molecule has 3 aromatic rings. The summed E-state index contributed by atoms with van der Waals surface area (Å²) in [6.45, 7) is 4.41. The molecule has 0 aliphatic heterocycles. The normalized spacial score (nSPS) is 11.5. The van der Waals surface area contributed by atoms with Gasteiger partial charge in [0.25, 0.3) is 5.91 Å². The lowest BCUT2D eigenvalue weighted by Gasteiger charge is -2.22. The van der Waals surface area contributed by atoms with Crippen molar-refractivity contribution in [1.29, 1.82) is 0 Å². The zero-order valence-electron chi connectivity index (χ0n) is 22.5. The van der Waals surface area contributed by atoms with Crippen LogP contribution < -0.4 is 20.7 Å². The second-order valence-corrected chi connectivity index (χ2v) is 9.51. The van der Waals surface area contributed by atoms with Crippen LogP contribution in [0.1, 0.15) is 47.1 Å². The summed E-state index contributed by atoms with van der Waals surface area (Å²) < 4.78 is 5.30. The van der Waals surface area contributed by atoms with E-state index in [1.54, 1.807) is 44.2 Å². The van der Waals surface area contributed by atoms with E-state index in [4.69, 9.17) is 4.74 Å². The minimum Gasteiger partial charge on any atom is -0.496 e. The molecule has 0 radical (unpaired) electrons. The molecule has 0 fully saturated rings. The van der Waals surface area contributed by atoms with Gasteiger partial charge < -0.3 is 20.7 Å². The van der Waals surface area contributed by atoms with Gasteiger partial charge in [-0.1, -0.05) is 50.2 Å². The number of ether oxygens (including phenoxy) is 1. The molecule has 204 valence electrons. The quantitative estimate of drug-likeness (QED) is 0.308. The molecule has 0 saturated carbocycles. The third-order valence-electron chi connectivity index (χ3n) is 6.24. The highest BCUT2D eigenvalue weighted by Crippen LogP contribution is 2.21. The molecular weight excluding hydrogens is 498 g/mol. The van der Waals surface area contributed by atoms with E-state index >= 15 is 0 Å². The predicted octanol–water partition coefficient (Wildman–Crippen LogP) is 2.85. The predicted molar refractivity (Wildman–Crippen MR) is 148 cm³/mol. The molecule has 0 aliphatic carbocycles. The summed E-state index contributed by atoms with van der Waals surface area (Å²) >= 11 is 0. The van der Waals surface area contributed by atoms with Gasteiger partial charge in [0.2, 0.25) is 11.8 Å². The molecule has 3 rings (SSSR count). The Hall–Kier alpha value is -4.53. The van der Waals surface area contributed by atoms with Crippen molar-refractivity contribution in [2.24, 2.45) is 5.92 Å². The highest BCUT2D eigenvalue weighted by Gasteiger charge is 2.25. The van der Waals surface area contributed by atoms with Crippen LogP contribution in [0.2, 0.25) is 0 Å². The van der Waals surface area contributed by atoms with Crippen molar-refractivity contribution < 1.29 is 28.7 Å². The molecule has 0 saturated heterocycles. The number of amides is 3. The monoisotopic (exact) mass is 531 g/mol. The third-order valence-corrected chi connectivity index (χ3v) is 6.24. The van der Waals surface area contributed by atoms with Crippen molar-refractivity contribution in [1.82, 2.24) is 16.0 Å². The molecule has 0 aromatic heterocycles. The van der Waals surface area contributed by atoms with E-state index in [9.17, 15) is 24.0 Å². The Labute approximate surface area is 227 Å². The fourth-order valence-electron chi connectivity index (χ4n) is 4.12. The number of Topliss-reactive ketones (excluding diaryl/α,β-unsaturated/α-hetero) is 2. The van der Waals surface area contributed by atoms with Gasteiger partial charge in [-0.3, -0.25) is 24.0 Å². The largest absolute Gasteiger partial charge is 0.496 e. The number of methoxy groups -OCH3 is 1. The zero-order chi connectivity index (χ0) is 28.5. The van der Waals surface area contributed by atoms with E-state index in [2.05, 4.69) is 16.0 Å². The summed E-state index contributed by atoms with van der Waals surface area (Å²) in [6, 6.07) is 16.8. The van der Waals surface area contributed by atoms with Gasteiger partial charge in [0.15, 0.2) is 11.6 Å².